The Balaban J connectivity index is 0.000000143. The fourth-order valence-corrected chi connectivity index (χ4v) is 17.7. The zero-order chi connectivity index (χ0) is 80.6. The Labute approximate surface area is 702 Å². The zero-order valence-electron chi connectivity index (χ0n) is 65.9. The molecule has 0 aliphatic rings. The third-order valence-corrected chi connectivity index (χ3v) is 23.8. The molecule has 0 atom stereocenters. The number of hydrogen-bond donors (Lipinski definition) is 0. The Bertz CT molecular complexity index is 8230. The largest absolute Gasteiger partial charge is 0.455 e. The summed E-state index contributed by atoms with van der Waals surface area (Å²) in [6.45, 7) is 0. The maximum Gasteiger partial charge on any atom is 0.164 e. The first kappa shape index (κ1) is 70.9. The molecule has 568 valence electrons. The Morgan fingerprint density at radius 3 is 0.852 bits per heavy atom. The smallest absolute Gasteiger partial charge is 0.164 e. The van der Waals surface area contributed by atoms with Crippen LogP contribution in [0.2, 0.25) is 0 Å². The summed E-state index contributed by atoms with van der Waals surface area (Å²) in [5.41, 5.74) is 21.9. The molecule has 0 unspecified atom stereocenters. The highest BCUT2D eigenvalue weighted by Gasteiger charge is 2.25. The lowest BCUT2D eigenvalue weighted by molar-refractivity contribution is 0.669. The highest BCUT2D eigenvalue weighted by molar-refractivity contribution is 6.19. The topological polar surface area (TPSA) is 104 Å². The number of benzene rings is 20. The fourth-order valence-electron chi connectivity index (χ4n) is 17.7. The molecule has 0 saturated heterocycles. The molecule has 24 rings (SSSR count). The van der Waals surface area contributed by atoms with E-state index in [2.05, 4.69) is 334 Å². The molecule has 0 saturated carbocycles. The molecule has 8 heteroatoms. The van der Waals surface area contributed by atoms with Crippen molar-refractivity contribution in [1.29, 1.82) is 0 Å². The average molecular weight is 1560 g/mol. The van der Waals surface area contributed by atoms with Crippen molar-refractivity contribution < 1.29 is 8.83 Å². The van der Waals surface area contributed by atoms with Crippen molar-refractivity contribution in [2.45, 2.75) is 0 Å². The van der Waals surface area contributed by atoms with Gasteiger partial charge in [0, 0.05) is 66.1 Å². The van der Waals surface area contributed by atoms with E-state index in [1.165, 1.54) is 64.6 Å². The second-order valence-electron chi connectivity index (χ2n) is 31.2. The van der Waals surface area contributed by atoms with Crippen molar-refractivity contribution in [2.24, 2.45) is 0 Å². The van der Waals surface area contributed by atoms with Crippen molar-refractivity contribution in [3.8, 4) is 135 Å². The number of aromatic nitrogens is 6. The number of hydrogen-bond acceptors (Lipinski definition) is 8. The normalized spacial score (nSPS) is 11.6. The van der Waals surface area contributed by atoms with Crippen LogP contribution in [0.1, 0.15) is 0 Å². The predicted octanol–water partition coefficient (Wildman–Crippen LogP) is 30.5. The SMILES string of the molecule is c1ccc(-c2ccc(-c3nc(-c4ccccc4)nc(-c4cccc5oc6c(-c7ccc8c(ccc9ccccc98)c7)cc(-c7ccc8c(ccc9ccccc98)c7)cc6c45)n3)cc2)cc1.c1ccc(-c2ccc(-c3nc(-c4ccccc4)nc(-c4cccc5oc6c(-c7ccc8ccccc8c7)cc(-c7ccc8ccccc8c7)cc6c45)n3)cc2)cc1. The standard InChI is InChI=1S/C61H37N3O.C53H33N3O/c1-3-12-38(13-4-1)39-22-26-43(27-23-39)60-62-59(42-16-5-2-6-17-42)63-61(64-60)53-20-11-21-56-57(53)55-37-48(44-30-32-51-45(34-44)28-24-40-14-7-9-18-49(40)51)36-54(58(55)65-56)47-31-33-52-46(35-47)29-25-41-15-8-10-19-50(41)52;1-3-12-34(13-4-1)37-22-26-39(27-23-37)52-54-51(38-16-5-2-6-17-38)55-53(56-52)45-20-11-21-48-49(45)47-33-44(42-28-24-35-14-7-9-18-40(35)30-42)32-46(50(47)57-48)43-29-25-36-15-8-10-19-41(36)31-43/h1-37H;1-33H. The number of fused-ring (bicyclic) bond motifs is 14. The van der Waals surface area contributed by atoms with E-state index in [4.69, 9.17) is 38.7 Å². The summed E-state index contributed by atoms with van der Waals surface area (Å²) in [5.74, 6) is 3.60. The van der Waals surface area contributed by atoms with E-state index in [0.717, 1.165) is 144 Å². The first-order valence-electron chi connectivity index (χ1n) is 41.2. The zero-order valence-corrected chi connectivity index (χ0v) is 65.9. The van der Waals surface area contributed by atoms with Gasteiger partial charge in [-0.25, -0.2) is 29.9 Å². The average Bonchev–Trinajstić information content (AvgIpc) is 1.56. The predicted molar refractivity (Wildman–Crippen MR) is 504 cm³/mol. The van der Waals surface area contributed by atoms with Crippen LogP contribution in [0.4, 0.5) is 0 Å². The molecule has 0 aliphatic heterocycles. The molecule has 20 aromatic carbocycles. The first-order valence-corrected chi connectivity index (χ1v) is 41.2. The Morgan fingerprint density at radius 1 is 0.139 bits per heavy atom. The van der Waals surface area contributed by atoms with E-state index in [-0.39, 0.29) is 0 Å². The van der Waals surface area contributed by atoms with Gasteiger partial charge in [0.2, 0.25) is 0 Å². The summed E-state index contributed by atoms with van der Waals surface area (Å²) < 4.78 is 13.9. The summed E-state index contributed by atoms with van der Waals surface area (Å²) in [6, 6.07) is 149. The van der Waals surface area contributed by atoms with Crippen LogP contribution in [0.3, 0.4) is 0 Å². The van der Waals surface area contributed by atoms with Gasteiger partial charge < -0.3 is 8.83 Å². The number of nitrogens with zero attached hydrogens (tertiary/aromatic N) is 6. The lowest BCUT2D eigenvalue weighted by atomic mass is 9.92. The number of rotatable bonds is 12. The molecular weight excluding hydrogens is 1490 g/mol. The summed E-state index contributed by atoms with van der Waals surface area (Å²) in [5, 5.41) is 18.5. The van der Waals surface area contributed by atoms with E-state index in [9.17, 15) is 0 Å². The molecule has 4 heterocycles. The quantitative estimate of drug-likeness (QED) is 0.111. The third-order valence-electron chi connectivity index (χ3n) is 23.8. The van der Waals surface area contributed by atoms with Gasteiger partial charge in [-0.05, 0) is 181 Å². The van der Waals surface area contributed by atoms with Crippen LogP contribution in [0.5, 0.6) is 0 Å². The van der Waals surface area contributed by atoms with Crippen molar-refractivity contribution in [3.63, 3.8) is 0 Å². The third kappa shape index (κ3) is 13.0. The summed E-state index contributed by atoms with van der Waals surface area (Å²) in [6.07, 6.45) is 0. The highest BCUT2D eigenvalue weighted by atomic mass is 16.3. The minimum absolute atomic E-state index is 0.580. The van der Waals surface area contributed by atoms with Crippen molar-refractivity contribution >= 4 is 109 Å². The monoisotopic (exact) mass is 1550 g/mol. The molecule has 0 radical (unpaired) electrons. The van der Waals surface area contributed by atoms with Crippen LogP contribution in [-0.4, -0.2) is 29.9 Å². The molecule has 0 N–H and O–H groups in total. The Hall–Kier alpha value is -16.4. The molecule has 4 aromatic heterocycles. The van der Waals surface area contributed by atoms with Crippen molar-refractivity contribution in [1.82, 2.24) is 29.9 Å². The van der Waals surface area contributed by atoms with Crippen LogP contribution in [0.15, 0.2) is 433 Å². The second-order valence-corrected chi connectivity index (χ2v) is 31.2. The molecule has 0 bridgehead atoms. The minimum Gasteiger partial charge on any atom is -0.455 e. The maximum absolute atomic E-state index is 7.01. The fraction of sp³-hybridized carbons (Fsp3) is 0. The van der Waals surface area contributed by atoms with Gasteiger partial charge in [-0.15, -0.1) is 0 Å². The Kier molecular flexibility index (Phi) is 17.4. The summed E-state index contributed by atoms with van der Waals surface area (Å²) in [7, 11) is 0. The molecule has 0 amide bonds. The Morgan fingerprint density at radius 2 is 0.418 bits per heavy atom. The molecular formula is C114H70N6O2. The highest BCUT2D eigenvalue weighted by Crippen LogP contribution is 2.48. The summed E-state index contributed by atoms with van der Waals surface area (Å²) in [4.78, 5) is 31.0. The van der Waals surface area contributed by atoms with E-state index in [1.54, 1.807) is 0 Å². The lowest BCUT2D eigenvalue weighted by Crippen LogP contribution is -2.00. The van der Waals surface area contributed by atoms with Gasteiger partial charge in [-0.1, -0.05) is 364 Å². The van der Waals surface area contributed by atoms with Gasteiger partial charge in [0.15, 0.2) is 34.9 Å². The molecule has 0 aliphatic carbocycles. The van der Waals surface area contributed by atoms with Crippen molar-refractivity contribution in [3.05, 3.63) is 425 Å². The van der Waals surface area contributed by atoms with Gasteiger partial charge in [0.1, 0.15) is 22.3 Å². The van der Waals surface area contributed by atoms with Gasteiger partial charge in [0.25, 0.3) is 0 Å². The van der Waals surface area contributed by atoms with Crippen LogP contribution in [0, 0.1) is 0 Å². The number of furan rings is 2. The lowest BCUT2D eigenvalue weighted by Gasteiger charge is -2.12. The molecule has 122 heavy (non-hydrogen) atoms. The van der Waals surface area contributed by atoms with Gasteiger partial charge in [0.05, 0.1) is 0 Å². The minimum atomic E-state index is 0.580. The molecule has 24 aromatic rings. The first-order chi connectivity index (χ1) is 60.4. The molecule has 8 nitrogen and oxygen atoms in total. The van der Waals surface area contributed by atoms with Crippen LogP contribution < -0.4 is 0 Å². The van der Waals surface area contributed by atoms with Gasteiger partial charge >= 0.3 is 0 Å². The summed E-state index contributed by atoms with van der Waals surface area (Å²) >= 11 is 0. The van der Waals surface area contributed by atoms with Crippen molar-refractivity contribution in [2.75, 3.05) is 0 Å². The van der Waals surface area contributed by atoms with Gasteiger partial charge in [-0.3, -0.25) is 0 Å². The van der Waals surface area contributed by atoms with Crippen LogP contribution >= 0.6 is 0 Å². The van der Waals surface area contributed by atoms with Crippen LogP contribution in [-0.2, 0) is 0 Å². The van der Waals surface area contributed by atoms with Gasteiger partial charge in [-0.2, -0.15) is 0 Å². The van der Waals surface area contributed by atoms with Crippen LogP contribution in [0.25, 0.3) is 244 Å². The van der Waals surface area contributed by atoms with E-state index >= 15 is 0 Å². The molecule has 0 spiro atoms. The molecule has 0 fully saturated rings. The van der Waals surface area contributed by atoms with E-state index < -0.39 is 0 Å². The van der Waals surface area contributed by atoms with E-state index in [1.807, 2.05) is 91.0 Å². The second kappa shape index (κ2) is 29.9. The maximum atomic E-state index is 7.01. The van der Waals surface area contributed by atoms with E-state index in [0.29, 0.717) is 34.9 Å².